The van der Waals surface area contributed by atoms with Crippen molar-refractivity contribution in [3.05, 3.63) is 54.1 Å². The normalized spacial score (nSPS) is 10.1. The number of amides is 2. The van der Waals surface area contributed by atoms with Crippen LogP contribution in [0.2, 0.25) is 0 Å². The van der Waals surface area contributed by atoms with Crippen molar-refractivity contribution in [3.8, 4) is 0 Å². The van der Waals surface area contributed by atoms with Crippen LogP contribution in [-0.4, -0.2) is 34.5 Å². The van der Waals surface area contributed by atoms with Crippen molar-refractivity contribution in [2.24, 2.45) is 7.05 Å². The molecule has 2 heterocycles. The minimum atomic E-state index is -0.203. The van der Waals surface area contributed by atoms with E-state index in [1.165, 1.54) is 6.20 Å². The first-order valence-corrected chi connectivity index (χ1v) is 6.26. The van der Waals surface area contributed by atoms with Gasteiger partial charge in [-0.05, 0) is 24.3 Å². The van der Waals surface area contributed by atoms with Gasteiger partial charge in [-0.1, -0.05) is 0 Å². The van der Waals surface area contributed by atoms with E-state index in [4.69, 9.17) is 0 Å². The molecule has 0 aliphatic carbocycles. The van der Waals surface area contributed by atoms with E-state index in [0.29, 0.717) is 24.3 Å². The molecule has 0 bridgehead atoms. The fourth-order valence-corrected chi connectivity index (χ4v) is 1.74. The van der Waals surface area contributed by atoms with Crippen LogP contribution < -0.4 is 10.6 Å². The zero-order chi connectivity index (χ0) is 14.4. The molecule has 0 atom stereocenters. The molecule has 2 N–H and O–H groups in total. The summed E-state index contributed by atoms with van der Waals surface area (Å²) < 4.78 is 1.74. The maximum atomic E-state index is 11.8. The van der Waals surface area contributed by atoms with Crippen molar-refractivity contribution in [3.63, 3.8) is 0 Å². The lowest BCUT2D eigenvalue weighted by atomic mass is 10.3. The third kappa shape index (κ3) is 3.44. The Morgan fingerprint density at radius 3 is 2.50 bits per heavy atom. The van der Waals surface area contributed by atoms with Gasteiger partial charge in [-0.25, -0.2) is 0 Å². The fourth-order valence-electron chi connectivity index (χ4n) is 1.74. The third-order valence-corrected chi connectivity index (χ3v) is 2.80. The molecule has 0 aromatic carbocycles. The van der Waals surface area contributed by atoms with Crippen LogP contribution in [0.15, 0.2) is 42.9 Å². The topological polar surface area (TPSA) is 76.0 Å². The minimum absolute atomic E-state index is 0.159. The SMILES string of the molecule is Cn1cccc1C(=O)NCCNC(=O)c1cccnc1. The zero-order valence-electron chi connectivity index (χ0n) is 11.2. The van der Waals surface area contributed by atoms with E-state index in [-0.39, 0.29) is 11.8 Å². The maximum absolute atomic E-state index is 11.8. The summed E-state index contributed by atoms with van der Waals surface area (Å²) in [4.78, 5) is 27.4. The number of nitrogens with zero attached hydrogens (tertiary/aromatic N) is 2. The van der Waals surface area contributed by atoms with Crippen LogP contribution in [0.4, 0.5) is 0 Å². The summed E-state index contributed by atoms with van der Waals surface area (Å²) in [6, 6.07) is 6.93. The van der Waals surface area contributed by atoms with Crippen molar-refractivity contribution in [2.75, 3.05) is 13.1 Å². The molecule has 0 saturated heterocycles. The zero-order valence-corrected chi connectivity index (χ0v) is 11.2. The second kappa shape index (κ2) is 6.51. The van der Waals surface area contributed by atoms with Gasteiger partial charge >= 0.3 is 0 Å². The Kier molecular flexibility index (Phi) is 4.49. The van der Waals surface area contributed by atoms with E-state index in [1.54, 1.807) is 48.3 Å². The molecule has 0 unspecified atom stereocenters. The fraction of sp³-hybridized carbons (Fsp3) is 0.214. The molecular formula is C14H16N4O2. The molecule has 0 aliphatic heterocycles. The minimum Gasteiger partial charge on any atom is -0.350 e. The summed E-state index contributed by atoms with van der Waals surface area (Å²) in [6.07, 6.45) is 4.91. The van der Waals surface area contributed by atoms with Crippen LogP contribution in [0.3, 0.4) is 0 Å². The first-order chi connectivity index (χ1) is 9.68. The van der Waals surface area contributed by atoms with Gasteiger partial charge in [0.25, 0.3) is 11.8 Å². The van der Waals surface area contributed by atoms with Gasteiger partial charge in [0.2, 0.25) is 0 Å². The molecule has 104 valence electrons. The molecule has 20 heavy (non-hydrogen) atoms. The molecular weight excluding hydrogens is 256 g/mol. The standard InChI is InChI=1S/C14H16N4O2/c1-18-9-3-5-12(18)14(20)17-8-7-16-13(19)11-4-2-6-15-10-11/h2-6,9-10H,7-8H2,1H3,(H,16,19)(H,17,20). The van der Waals surface area contributed by atoms with Crippen LogP contribution in [-0.2, 0) is 7.05 Å². The molecule has 2 aromatic heterocycles. The summed E-state index contributed by atoms with van der Waals surface area (Å²) >= 11 is 0. The molecule has 0 radical (unpaired) electrons. The van der Waals surface area contributed by atoms with Crippen molar-refractivity contribution in [1.82, 2.24) is 20.2 Å². The summed E-state index contributed by atoms with van der Waals surface area (Å²) in [5, 5.41) is 5.46. The van der Waals surface area contributed by atoms with Crippen molar-refractivity contribution >= 4 is 11.8 Å². The van der Waals surface area contributed by atoms with E-state index in [0.717, 1.165) is 0 Å². The number of aromatic nitrogens is 2. The lowest BCUT2D eigenvalue weighted by Gasteiger charge is -2.07. The third-order valence-electron chi connectivity index (χ3n) is 2.80. The van der Waals surface area contributed by atoms with Crippen LogP contribution >= 0.6 is 0 Å². The van der Waals surface area contributed by atoms with Crippen LogP contribution in [0, 0.1) is 0 Å². The first kappa shape index (κ1) is 13.8. The quantitative estimate of drug-likeness (QED) is 0.782. The molecule has 6 heteroatoms. The molecule has 0 aliphatic rings. The number of hydrogen-bond donors (Lipinski definition) is 2. The van der Waals surface area contributed by atoms with Gasteiger partial charge in [-0.2, -0.15) is 0 Å². The summed E-state index contributed by atoms with van der Waals surface area (Å²) in [7, 11) is 1.80. The van der Waals surface area contributed by atoms with E-state index >= 15 is 0 Å². The monoisotopic (exact) mass is 272 g/mol. The number of carbonyl (C=O) groups excluding carboxylic acids is 2. The Morgan fingerprint density at radius 2 is 1.90 bits per heavy atom. The number of pyridine rings is 1. The molecule has 0 fully saturated rings. The molecule has 2 aromatic rings. The second-order valence-electron chi connectivity index (χ2n) is 4.26. The van der Waals surface area contributed by atoms with Crippen molar-refractivity contribution < 1.29 is 9.59 Å². The molecule has 6 nitrogen and oxygen atoms in total. The van der Waals surface area contributed by atoms with Crippen molar-refractivity contribution in [2.45, 2.75) is 0 Å². The van der Waals surface area contributed by atoms with Gasteiger partial charge in [0.1, 0.15) is 5.69 Å². The van der Waals surface area contributed by atoms with E-state index in [9.17, 15) is 9.59 Å². The number of carbonyl (C=O) groups is 2. The molecule has 0 spiro atoms. The van der Waals surface area contributed by atoms with E-state index < -0.39 is 0 Å². The molecule has 2 rings (SSSR count). The lowest BCUT2D eigenvalue weighted by Crippen LogP contribution is -2.35. The second-order valence-corrected chi connectivity index (χ2v) is 4.26. The van der Waals surface area contributed by atoms with Crippen LogP contribution in [0.25, 0.3) is 0 Å². The Bertz CT molecular complexity index is 592. The van der Waals surface area contributed by atoms with Gasteiger partial charge in [0, 0.05) is 38.7 Å². The number of nitrogens with one attached hydrogen (secondary N) is 2. The van der Waals surface area contributed by atoms with Crippen LogP contribution in [0.1, 0.15) is 20.8 Å². The van der Waals surface area contributed by atoms with E-state index in [1.807, 2.05) is 0 Å². The highest BCUT2D eigenvalue weighted by atomic mass is 16.2. The van der Waals surface area contributed by atoms with Crippen LogP contribution in [0.5, 0.6) is 0 Å². The Hall–Kier alpha value is -2.63. The number of aryl methyl sites for hydroxylation is 1. The average molecular weight is 272 g/mol. The van der Waals surface area contributed by atoms with Gasteiger partial charge in [-0.15, -0.1) is 0 Å². The largest absolute Gasteiger partial charge is 0.350 e. The highest BCUT2D eigenvalue weighted by molar-refractivity contribution is 5.94. The van der Waals surface area contributed by atoms with Gasteiger partial charge in [-0.3, -0.25) is 14.6 Å². The number of rotatable bonds is 5. The lowest BCUT2D eigenvalue weighted by molar-refractivity contribution is 0.0923. The Labute approximate surface area is 116 Å². The predicted molar refractivity (Wildman–Crippen MR) is 74.3 cm³/mol. The van der Waals surface area contributed by atoms with E-state index in [2.05, 4.69) is 15.6 Å². The number of hydrogen-bond acceptors (Lipinski definition) is 3. The Balaban J connectivity index is 1.73. The summed E-state index contributed by atoms with van der Waals surface area (Å²) in [6.45, 7) is 0.736. The first-order valence-electron chi connectivity index (χ1n) is 6.26. The predicted octanol–water partition coefficient (Wildman–Crippen LogP) is 0.580. The summed E-state index contributed by atoms with van der Waals surface area (Å²) in [5.74, 6) is -0.362. The average Bonchev–Trinajstić information content (AvgIpc) is 2.90. The molecule has 2 amide bonds. The summed E-state index contributed by atoms with van der Waals surface area (Å²) in [5.41, 5.74) is 1.09. The highest BCUT2D eigenvalue weighted by Crippen LogP contribution is 1.98. The Morgan fingerprint density at radius 1 is 1.15 bits per heavy atom. The van der Waals surface area contributed by atoms with Crippen molar-refractivity contribution in [1.29, 1.82) is 0 Å². The molecule has 0 saturated carbocycles. The van der Waals surface area contributed by atoms with Gasteiger partial charge in [0.05, 0.1) is 5.56 Å². The van der Waals surface area contributed by atoms with Gasteiger partial charge in [0.15, 0.2) is 0 Å². The maximum Gasteiger partial charge on any atom is 0.267 e. The smallest absolute Gasteiger partial charge is 0.267 e. The highest BCUT2D eigenvalue weighted by Gasteiger charge is 2.08. The van der Waals surface area contributed by atoms with Gasteiger partial charge < -0.3 is 15.2 Å².